The van der Waals surface area contributed by atoms with Crippen LogP contribution in [-0.4, -0.2) is 86.8 Å². The summed E-state index contributed by atoms with van der Waals surface area (Å²) in [5.41, 5.74) is 0. The summed E-state index contributed by atoms with van der Waals surface area (Å²) in [6.07, 6.45) is 3.05. The maximum atomic E-state index is 12.4. The number of aliphatic hydroxyl groups is 2. The molecule has 1 rings (SSSR count). The zero-order valence-corrected chi connectivity index (χ0v) is 15.0. The normalized spacial score (nSPS) is 20.5. The van der Waals surface area contributed by atoms with Crippen molar-refractivity contribution >= 4 is 11.9 Å². The van der Waals surface area contributed by atoms with Gasteiger partial charge in [0.15, 0.2) is 0 Å². The van der Waals surface area contributed by atoms with Crippen molar-refractivity contribution in [2.45, 2.75) is 25.7 Å². The average Bonchev–Trinajstić information content (AvgIpc) is 2.62. The van der Waals surface area contributed by atoms with Gasteiger partial charge in [0.05, 0.1) is 31.7 Å². The molecule has 2 N–H and O–H groups in total. The topological polar surface area (TPSA) is 106 Å². The van der Waals surface area contributed by atoms with E-state index in [-0.39, 0.29) is 38.4 Å². The molecule has 1 aliphatic carbocycles. The second kappa shape index (κ2) is 13.0. The lowest BCUT2D eigenvalue weighted by Gasteiger charge is -2.28. The number of rotatable bonds is 12. The van der Waals surface area contributed by atoms with Crippen molar-refractivity contribution in [2.24, 2.45) is 11.8 Å². The van der Waals surface area contributed by atoms with Crippen molar-refractivity contribution in [3.05, 3.63) is 0 Å². The Morgan fingerprint density at radius 3 is 1.88 bits per heavy atom. The standard InChI is InChI=1S/C17H31NO7/c1-23-12-13-25-17(22)15-5-3-2-4-14(15)16(21)24-11-8-18(6-9-19)7-10-20/h14-15,19-20H,2-13H2,1H3. The number of methoxy groups -OCH3 is 1. The maximum Gasteiger partial charge on any atom is 0.309 e. The number of aliphatic hydroxyl groups excluding tert-OH is 2. The van der Waals surface area contributed by atoms with Gasteiger partial charge in [0.2, 0.25) is 0 Å². The average molecular weight is 361 g/mol. The summed E-state index contributed by atoms with van der Waals surface area (Å²) in [5.74, 6) is -1.65. The molecule has 0 aromatic heterocycles. The van der Waals surface area contributed by atoms with E-state index in [1.54, 1.807) is 0 Å². The Labute approximate surface area is 149 Å². The summed E-state index contributed by atoms with van der Waals surface area (Å²) in [4.78, 5) is 26.4. The van der Waals surface area contributed by atoms with E-state index >= 15 is 0 Å². The van der Waals surface area contributed by atoms with E-state index in [0.717, 1.165) is 12.8 Å². The van der Waals surface area contributed by atoms with Crippen molar-refractivity contribution in [2.75, 3.05) is 59.8 Å². The molecule has 0 saturated heterocycles. The molecule has 0 radical (unpaired) electrons. The van der Waals surface area contributed by atoms with Gasteiger partial charge in [-0.25, -0.2) is 0 Å². The molecule has 0 bridgehead atoms. The molecule has 8 nitrogen and oxygen atoms in total. The molecular weight excluding hydrogens is 330 g/mol. The number of ether oxygens (including phenoxy) is 3. The van der Waals surface area contributed by atoms with Gasteiger partial charge in [0, 0.05) is 26.7 Å². The minimum atomic E-state index is -0.465. The largest absolute Gasteiger partial charge is 0.464 e. The third-order valence-corrected chi connectivity index (χ3v) is 4.39. The third kappa shape index (κ3) is 8.13. The van der Waals surface area contributed by atoms with Gasteiger partial charge in [-0.2, -0.15) is 0 Å². The van der Waals surface area contributed by atoms with Crippen LogP contribution in [0.5, 0.6) is 0 Å². The van der Waals surface area contributed by atoms with Crippen LogP contribution >= 0.6 is 0 Å². The van der Waals surface area contributed by atoms with Crippen LogP contribution in [0.25, 0.3) is 0 Å². The van der Waals surface area contributed by atoms with Crippen LogP contribution in [0.15, 0.2) is 0 Å². The van der Waals surface area contributed by atoms with E-state index < -0.39 is 11.8 Å². The smallest absolute Gasteiger partial charge is 0.309 e. The first-order valence-corrected chi connectivity index (χ1v) is 8.90. The molecule has 0 aromatic rings. The van der Waals surface area contributed by atoms with Gasteiger partial charge in [-0.05, 0) is 12.8 Å². The molecule has 1 aliphatic rings. The molecule has 0 spiro atoms. The zero-order valence-electron chi connectivity index (χ0n) is 15.0. The molecule has 1 saturated carbocycles. The lowest BCUT2D eigenvalue weighted by molar-refractivity contribution is -0.163. The van der Waals surface area contributed by atoms with Crippen molar-refractivity contribution in [3.8, 4) is 0 Å². The second-order valence-corrected chi connectivity index (χ2v) is 6.11. The Hall–Kier alpha value is -1.22. The van der Waals surface area contributed by atoms with Crippen LogP contribution in [-0.2, 0) is 23.8 Å². The highest BCUT2D eigenvalue weighted by Crippen LogP contribution is 2.32. The van der Waals surface area contributed by atoms with Crippen LogP contribution in [0, 0.1) is 11.8 Å². The highest BCUT2D eigenvalue weighted by molar-refractivity contribution is 5.82. The van der Waals surface area contributed by atoms with Gasteiger partial charge in [0.25, 0.3) is 0 Å². The van der Waals surface area contributed by atoms with Crippen molar-refractivity contribution in [3.63, 3.8) is 0 Å². The minimum absolute atomic E-state index is 0.0219. The molecule has 0 aromatic carbocycles. The Balaban J connectivity index is 2.45. The Morgan fingerprint density at radius 1 is 0.880 bits per heavy atom. The second-order valence-electron chi connectivity index (χ2n) is 6.11. The number of carbonyl (C=O) groups is 2. The van der Waals surface area contributed by atoms with E-state index in [2.05, 4.69) is 0 Å². The fourth-order valence-corrected chi connectivity index (χ4v) is 3.03. The van der Waals surface area contributed by atoms with Gasteiger partial charge >= 0.3 is 11.9 Å². The first kappa shape index (κ1) is 21.8. The number of esters is 2. The molecule has 0 aliphatic heterocycles. The third-order valence-electron chi connectivity index (χ3n) is 4.39. The summed E-state index contributed by atoms with van der Waals surface area (Å²) in [6, 6.07) is 0. The van der Waals surface area contributed by atoms with Crippen LogP contribution in [0.3, 0.4) is 0 Å². The maximum absolute atomic E-state index is 12.4. The predicted octanol–water partition coefficient (Wildman–Crippen LogP) is -0.188. The Bertz CT molecular complexity index is 385. The van der Waals surface area contributed by atoms with Gasteiger partial charge in [-0.1, -0.05) is 12.8 Å². The lowest BCUT2D eigenvalue weighted by atomic mass is 9.79. The monoisotopic (exact) mass is 361 g/mol. The molecule has 25 heavy (non-hydrogen) atoms. The molecular formula is C17H31NO7. The quantitative estimate of drug-likeness (QED) is 0.364. The van der Waals surface area contributed by atoms with Crippen molar-refractivity contribution in [1.82, 2.24) is 4.90 Å². The van der Waals surface area contributed by atoms with Crippen molar-refractivity contribution in [1.29, 1.82) is 0 Å². The first-order chi connectivity index (χ1) is 12.1. The predicted molar refractivity (Wildman–Crippen MR) is 89.9 cm³/mol. The molecule has 1 fully saturated rings. The van der Waals surface area contributed by atoms with Gasteiger partial charge in [-0.15, -0.1) is 0 Å². The van der Waals surface area contributed by atoms with E-state index in [4.69, 9.17) is 24.4 Å². The van der Waals surface area contributed by atoms with Crippen LogP contribution in [0.2, 0.25) is 0 Å². The van der Waals surface area contributed by atoms with Crippen LogP contribution < -0.4 is 0 Å². The summed E-state index contributed by atoms with van der Waals surface area (Å²) in [6.45, 7) is 1.90. The van der Waals surface area contributed by atoms with E-state index in [0.29, 0.717) is 39.1 Å². The number of nitrogens with zero attached hydrogens (tertiary/aromatic N) is 1. The Morgan fingerprint density at radius 2 is 1.40 bits per heavy atom. The van der Waals surface area contributed by atoms with Gasteiger partial charge in [-0.3, -0.25) is 14.5 Å². The van der Waals surface area contributed by atoms with Crippen LogP contribution in [0.4, 0.5) is 0 Å². The van der Waals surface area contributed by atoms with Gasteiger partial charge in [0.1, 0.15) is 13.2 Å². The lowest BCUT2D eigenvalue weighted by Crippen LogP contribution is -2.37. The van der Waals surface area contributed by atoms with E-state index in [9.17, 15) is 9.59 Å². The highest BCUT2D eigenvalue weighted by atomic mass is 16.6. The van der Waals surface area contributed by atoms with Gasteiger partial charge < -0.3 is 24.4 Å². The summed E-state index contributed by atoms with van der Waals surface area (Å²) >= 11 is 0. The number of hydrogen-bond donors (Lipinski definition) is 2. The SMILES string of the molecule is COCCOC(=O)C1CCCCC1C(=O)OCCN(CCO)CCO. The van der Waals surface area contributed by atoms with Crippen molar-refractivity contribution < 1.29 is 34.0 Å². The fraction of sp³-hybridized carbons (Fsp3) is 0.882. The van der Waals surface area contributed by atoms with E-state index in [1.807, 2.05) is 4.90 Å². The molecule has 0 amide bonds. The molecule has 2 atom stereocenters. The fourth-order valence-electron chi connectivity index (χ4n) is 3.03. The summed E-state index contributed by atoms with van der Waals surface area (Å²) in [5, 5.41) is 17.9. The number of carbonyl (C=O) groups excluding carboxylic acids is 2. The number of hydrogen-bond acceptors (Lipinski definition) is 8. The van der Waals surface area contributed by atoms with E-state index in [1.165, 1.54) is 7.11 Å². The molecule has 0 heterocycles. The first-order valence-electron chi connectivity index (χ1n) is 8.90. The zero-order chi connectivity index (χ0) is 18.5. The summed E-state index contributed by atoms with van der Waals surface area (Å²) in [7, 11) is 1.53. The molecule has 146 valence electrons. The molecule has 2 unspecified atom stereocenters. The summed E-state index contributed by atoms with van der Waals surface area (Å²) < 4.78 is 15.4. The Kier molecular flexibility index (Phi) is 11.4. The molecule has 8 heteroatoms. The highest BCUT2D eigenvalue weighted by Gasteiger charge is 2.37. The minimum Gasteiger partial charge on any atom is -0.464 e. The van der Waals surface area contributed by atoms with Crippen LogP contribution in [0.1, 0.15) is 25.7 Å².